The second-order valence-corrected chi connectivity index (χ2v) is 6.14. The third-order valence-electron chi connectivity index (χ3n) is 3.96. The highest BCUT2D eigenvalue weighted by atomic mass is 35.5. The minimum atomic E-state index is 0.338. The van der Waals surface area contributed by atoms with E-state index in [4.69, 9.17) is 17.3 Å². The molecule has 0 aliphatic heterocycles. The third-order valence-corrected chi connectivity index (χ3v) is 4.19. The monoisotopic (exact) mass is 252 g/mol. The molecule has 0 amide bonds. The summed E-state index contributed by atoms with van der Waals surface area (Å²) in [5.74, 6) is 0.850. The Morgan fingerprint density at radius 3 is 2.65 bits per heavy atom. The normalized spacial score (nSPS) is 16.6. The van der Waals surface area contributed by atoms with Gasteiger partial charge in [0.15, 0.2) is 0 Å². The summed E-state index contributed by atoms with van der Waals surface area (Å²) in [7, 11) is 0. The molecule has 0 heterocycles. The Kier molecular flexibility index (Phi) is 3.53. The average molecular weight is 253 g/mol. The predicted molar refractivity (Wildman–Crippen MR) is 75.5 cm³/mol. The van der Waals surface area contributed by atoms with Crippen molar-refractivity contribution in [2.24, 2.45) is 11.3 Å². The molecule has 0 spiro atoms. The largest absolute Gasteiger partial charge is 0.397 e. The third kappa shape index (κ3) is 2.86. The number of hydrogen-bond donors (Lipinski definition) is 2. The smallest absolute Gasteiger partial charge is 0.0575 e. The summed E-state index contributed by atoms with van der Waals surface area (Å²) in [6.45, 7) is 5.62. The highest BCUT2D eigenvalue weighted by Crippen LogP contribution is 2.41. The van der Waals surface area contributed by atoms with Crippen LogP contribution >= 0.6 is 11.6 Å². The second-order valence-electron chi connectivity index (χ2n) is 5.70. The summed E-state index contributed by atoms with van der Waals surface area (Å²) < 4.78 is 0. The molecule has 1 fully saturated rings. The van der Waals surface area contributed by atoms with Crippen molar-refractivity contribution < 1.29 is 0 Å². The van der Waals surface area contributed by atoms with Crippen LogP contribution in [0, 0.1) is 11.3 Å². The summed E-state index contributed by atoms with van der Waals surface area (Å²) in [6, 6.07) is 5.62. The van der Waals surface area contributed by atoms with Crippen molar-refractivity contribution in [1.82, 2.24) is 0 Å². The van der Waals surface area contributed by atoms with E-state index >= 15 is 0 Å². The van der Waals surface area contributed by atoms with Crippen molar-refractivity contribution in [3.63, 3.8) is 0 Å². The Morgan fingerprint density at radius 2 is 2.12 bits per heavy atom. The Labute approximate surface area is 109 Å². The van der Waals surface area contributed by atoms with Gasteiger partial charge in [-0.15, -0.1) is 0 Å². The number of halogens is 1. The van der Waals surface area contributed by atoms with Crippen LogP contribution in [0.3, 0.4) is 0 Å². The van der Waals surface area contributed by atoms with Gasteiger partial charge < -0.3 is 11.1 Å². The van der Waals surface area contributed by atoms with E-state index in [1.165, 1.54) is 19.3 Å². The summed E-state index contributed by atoms with van der Waals surface area (Å²) in [5, 5.41) is 4.13. The molecule has 1 aromatic carbocycles. The van der Waals surface area contributed by atoms with Gasteiger partial charge in [0, 0.05) is 11.6 Å². The van der Waals surface area contributed by atoms with Gasteiger partial charge in [0.1, 0.15) is 0 Å². The average Bonchev–Trinajstić information content (AvgIpc) is 2.12. The number of benzene rings is 1. The lowest BCUT2D eigenvalue weighted by atomic mass is 9.67. The minimum Gasteiger partial charge on any atom is -0.397 e. The minimum absolute atomic E-state index is 0.338. The lowest BCUT2D eigenvalue weighted by molar-refractivity contribution is 0.134. The number of nitrogen functional groups attached to an aromatic ring is 1. The van der Waals surface area contributed by atoms with Crippen molar-refractivity contribution in [1.29, 1.82) is 0 Å². The maximum Gasteiger partial charge on any atom is 0.0575 e. The number of nitrogens with one attached hydrogen (secondary N) is 1. The van der Waals surface area contributed by atoms with Crippen molar-refractivity contribution >= 4 is 23.0 Å². The van der Waals surface area contributed by atoms with Gasteiger partial charge in [0.2, 0.25) is 0 Å². The maximum absolute atomic E-state index is 5.93. The highest BCUT2D eigenvalue weighted by Gasteiger charge is 2.33. The van der Waals surface area contributed by atoms with Crippen LogP contribution < -0.4 is 11.1 Å². The molecule has 1 aliphatic rings. The first-order valence-corrected chi connectivity index (χ1v) is 6.66. The van der Waals surface area contributed by atoms with Gasteiger partial charge in [0.05, 0.1) is 11.4 Å². The molecule has 0 radical (unpaired) electrons. The van der Waals surface area contributed by atoms with Crippen LogP contribution in [0.2, 0.25) is 5.02 Å². The molecule has 0 aromatic heterocycles. The van der Waals surface area contributed by atoms with Crippen LogP contribution in [0.5, 0.6) is 0 Å². The molecule has 0 unspecified atom stereocenters. The molecule has 0 atom stereocenters. The lowest BCUT2D eigenvalue weighted by Crippen LogP contribution is -2.35. The number of anilines is 2. The van der Waals surface area contributed by atoms with Crippen molar-refractivity contribution in [3.8, 4) is 0 Å². The molecule has 2 nitrogen and oxygen atoms in total. The molecule has 2 rings (SSSR count). The Hall–Kier alpha value is -0.890. The molecular weight excluding hydrogens is 232 g/mol. The summed E-state index contributed by atoms with van der Waals surface area (Å²) in [4.78, 5) is 0. The van der Waals surface area contributed by atoms with Gasteiger partial charge in [0.25, 0.3) is 0 Å². The molecule has 94 valence electrons. The van der Waals surface area contributed by atoms with Gasteiger partial charge in [-0.3, -0.25) is 0 Å². The molecule has 1 aromatic rings. The highest BCUT2D eigenvalue weighted by molar-refractivity contribution is 6.31. The molecule has 0 bridgehead atoms. The first kappa shape index (κ1) is 12.6. The molecule has 0 saturated heterocycles. The van der Waals surface area contributed by atoms with Crippen LogP contribution in [0.25, 0.3) is 0 Å². The van der Waals surface area contributed by atoms with E-state index in [2.05, 4.69) is 19.2 Å². The van der Waals surface area contributed by atoms with Crippen LogP contribution in [0.1, 0.15) is 33.1 Å². The van der Waals surface area contributed by atoms with Crippen LogP contribution in [-0.2, 0) is 0 Å². The zero-order valence-corrected chi connectivity index (χ0v) is 11.3. The van der Waals surface area contributed by atoms with Gasteiger partial charge in [-0.2, -0.15) is 0 Å². The first-order valence-electron chi connectivity index (χ1n) is 6.28. The van der Waals surface area contributed by atoms with E-state index in [-0.39, 0.29) is 0 Å². The zero-order chi connectivity index (χ0) is 12.5. The van der Waals surface area contributed by atoms with Gasteiger partial charge in [-0.1, -0.05) is 31.9 Å². The molecule has 1 aliphatic carbocycles. The molecule has 17 heavy (non-hydrogen) atoms. The van der Waals surface area contributed by atoms with E-state index in [1.807, 2.05) is 12.1 Å². The SMILES string of the molecule is CC(C)(CNc1ccc(Cl)cc1N)C1CCC1. The van der Waals surface area contributed by atoms with Crippen molar-refractivity contribution in [2.45, 2.75) is 33.1 Å². The van der Waals surface area contributed by atoms with Crippen LogP contribution in [-0.4, -0.2) is 6.54 Å². The topological polar surface area (TPSA) is 38.0 Å². The second kappa shape index (κ2) is 4.77. The van der Waals surface area contributed by atoms with Gasteiger partial charge in [-0.05, 0) is 42.4 Å². The van der Waals surface area contributed by atoms with Gasteiger partial charge >= 0.3 is 0 Å². The van der Waals surface area contributed by atoms with Crippen LogP contribution in [0.15, 0.2) is 18.2 Å². The Balaban J connectivity index is 1.97. The quantitative estimate of drug-likeness (QED) is 0.790. The fraction of sp³-hybridized carbons (Fsp3) is 0.571. The standard InChI is InChI=1S/C14H21ClN2/c1-14(2,10-4-3-5-10)9-17-13-7-6-11(15)8-12(13)16/h6-8,10,17H,3-5,9,16H2,1-2H3. The van der Waals surface area contributed by atoms with Crippen molar-refractivity contribution in [3.05, 3.63) is 23.2 Å². The van der Waals surface area contributed by atoms with Crippen molar-refractivity contribution in [2.75, 3.05) is 17.6 Å². The fourth-order valence-electron chi connectivity index (χ4n) is 2.35. The zero-order valence-electron chi connectivity index (χ0n) is 10.6. The Morgan fingerprint density at radius 1 is 1.41 bits per heavy atom. The summed E-state index contributed by atoms with van der Waals surface area (Å²) in [5.41, 5.74) is 7.98. The predicted octanol–water partition coefficient (Wildman–Crippen LogP) is 4.16. The van der Waals surface area contributed by atoms with E-state index in [0.717, 1.165) is 23.8 Å². The first-order chi connectivity index (χ1) is 7.99. The molecular formula is C14H21ClN2. The van der Waals surface area contributed by atoms with Crippen LogP contribution in [0.4, 0.5) is 11.4 Å². The molecule has 1 saturated carbocycles. The van der Waals surface area contributed by atoms with E-state index in [9.17, 15) is 0 Å². The van der Waals surface area contributed by atoms with E-state index in [0.29, 0.717) is 10.4 Å². The van der Waals surface area contributed by atoms with Gasteiger partial charge in [-0.25, -0.2) is 0 Å². The van der Waals surface area contributed by atoms with E-state index in [1.54, 1.807) is 6.07 Å². The fourth-order valence-corrected chi connectivity index (χ4v) is 2.53. The maximum atomic E-state index is 5.93. The lowest BCUT2D eigenvalue weighted by Gasteiger charge is -2.40. The number of hydrogen-bond acceptors (Lipinski definition) is 2. The summed E-state index contributed by atoms with van der Waals surface area (Å²) in [6.07, 6.45) is 4.12. The number of rotatable bonds is 4. The molecule has 3 heteroatoms. The Bertz CT molecular complexity index is 397. The number of nitrogens with two attached hydrogens (primary N) is 1. The summed E-state index contributed by atoms with van der Waals surface area (Å²) >= 11 is 5.88. The van der Waals surface area contributed by atoms with E-state index < -0.39 is 0 Å². The molecule has 3 N–H and O–H groups in total.